The van der Waals surface area contributed by atoms with E-state index in [1.54, 1.807) is 7.11 Å². The number of ether oxygens (including phenoxy) is 1. The van der Waals surface area contributed by atoms with Gasteiger partial charge in [0.1, 0.15) is 5.75 Å². The van der Waals surface area contributed by atoms with Gasteiger partial charge in [0.05, 0.1) is 24.3 Å². The Bertz CT molecular complexity index is 564. The smallest absolute Gasteiger partial charge is 0.153 e. The predicted molar refractivity (Wildman–Crippen MR) is 75.8 cm³/mol. The first-order valence-corrected chi connectivity index (χ1v) is 8.54. The molecule has 1 heterocycles. The third-order valence-corrected chi connectivity index (χ3v) is 5.55. The van der Waals surface area contributed by atoms with Crippen molar-refractivity contribution in [3.8, 4) is 5.75 Å². The summed E-state index contributed by atoms with van der Waals surface area (Å²) in [6, 6.07) is 6.31. The first-order valence-electron chi connectivity index (χ1n) is 6.72. The molecule has 104 valence electrons. The molecule has 3 rings (SSSR count). The number of hydrogen-bond acceptors (Lipinski definition) is 4. The van der Waals surface area contributed by atoms with E-state index in [2.05, 4.69) is 17.0 Å². The topological polar surface area (TPSA) is 46.6 Å². The molecule has 1 aliphatic carbocycles. The van der Waals surface area contributed by atoms with Gasteiger partial charge < -0.3 is 9.64 Å². The molecular formula is C14H19NO3S. The summed E-state index contributed by atoms with van der Waals surface area (Å²) in [5.74, 6) is 2.01. The summed E-state index contributed by atoms with van der Waals surface area (Å²) in [7, 11) is -1.18. The highest BCUT2D eigenvalue weighted by Crippen LogP contribution is 2.43. The van der Waals surface area contributed by atoms with Crippen LogP contribution in [0.15, 0.2) is 18.2 Å². The number of nitrogens with zero attached hydrogens (tertiary/aromatic N) is 1. The van der Waals surface area contributed by atoms with Crippen LogP contribution in [0.5, 0.6) is 5.75 Å². The van der Waals surface area contributed by atoms with Crippen LogP contribution in [0.4, 0.5) is 5.69 Å². The van der Waals surface area contributed by atoms with Gasteiger partial charge in [-0.2, -0.15) is 0 Å². The van der Waals surface area contributed by atoms with Crippen LogP contribution in [-0.2, 0) is 9.84 Å². The fraction of sp³-hybridized carbons (Fsp3) is 0.571. The van der Waals surface area contributed by atoms with E-state index < -0.39 is 9.84 Å². The van der Waals surface area contributed by atoms with Gasteiger partial charge in [0.2, 0.25) is 0 Å². The number of hydrogen-bond donors (Lipinski definition) is 0. The highest BCUT2D eigenvalue weighted by molar-refractivity contribution is 7.91. The number of anilines is 1. The molecule has 0 atom stereocenters. The van der Waals surface area contributed by atoms with Crippen molar-refractivity contribution in [1.82, 2.24) is 0 Å². The van der Waals surface area contributed by atoms with Crippen LogP contribution in [0.3, 0.4) is 0 Å². The second-order valence-electron chi connectivity index (χ2n) is 5.34. The molecule has 0 bridgehead atoms. The second-order valence-corrected chi connectivity index (χ2v) is 7.65. The molecule has 0 N–H and O–H groups in total. The Hall–Kier alpha value is -1.23. The van der Waals surface area contributed by atoms with Crippen molar-refractivity contribution < 1.29 is 13.2 Å². The Labute approximate surface area is 114 Å². The molecule has 0 spiro atoms. The van der Waals surface area contributed by atoms with Crippen LogP contribution in [0.25, 0.3) is 0 Å². The maximum atomic E-state index is 11.5. The van der Waals surface area contributed by atoms with Crippen LogP contribution >= 0.6 is 0 Å². The third-order valence-electron chi connectivity index (χ3n) is 3.94. The molecule has 0 amide bonds. The number of sulfone groups is 1. The molecule has 1 saturated heterocycles. The normalized spacial score (nSPS) is 22.3. The maximum absolute atomic E-state index is 11.5. The summed E-state index contributed by atoms with van der Waals surface area (Å²) in [5.41, 5.74) is 2.39. The molecular weight excluding hydrogens is 262 g/mol. The summed E-state index contributed by atoms with van der Waals surface area (Å²) in [6.45, 7) is 1.12. The molecule has 0 aromatic heterocycles. The van der Waals surface area contributed by atoms with Crippen molar-refractivity contribution in [2.24, 2.45) is 0 Å². The van der Waals surface area contributed by atoms with E-state index in [-0.39, 0.29) is 11.5 Å². The van der Waals surface area contributed by atoms with E-state index in [0.717, 1.165) is 11.4 Å². The summed E-state index contributed by atoms with van der Waals surface area (Å²) < 4.78 is 28.4. The zero-order valence-corrected chi connectivity index (χ0v) is 11.9. The van der Waals surface area contributed by atoms with Gasteiger partial charge in [-0.15, -0.1) is 0 Å². The minimum Gasteiger partial charge on any atom is -0.495 e. The van der Waals surface area contributed by atoms with Crippen molar-refractivity contribution in [3.05, 3.63) is 23.8 Å². The van der Waals surface area contributed by atoms with E-state index in [9.17, 15) is 8.42 Å². The lowest BCUT2D eigenvalue weighted by molar-refractivity contribution is 0.414. The lowest BCUT2D eigenvalue weighted by Crippen LogP contribution is -2.40. The van der Waals surface area contributed by atoms with Crippen molar-refractivity contribution in [3.63, 3.8) is 0 Å². The minimum atomic E-state index is -2.84. The average molecular weight is 281 g/mol. The minimum absolute atomic E-state index is 0.240. The highest BCUT2D eigenvalue weighted by atomic mass is 32.2. The molecule has 2 aliphatic rings. The Balaban J connectivity index is 1.87. The largest absolute Gasteiger partial charge is 0.495 e. The van der Waals surface area contributed by atoms with Crippen LogP contribution < -0.4 is 9.64 Å². The molecule has 1 aliphatic heterocycles. The Morgan fingerprint density at radius 1 is 1.21 bits per heavy atom. The standard InChI is InChI=1S/C14H19NO3S/c1-18-14-5-4-12(11-2-3-11)10-13(14)15-6-8-19(16,17)9-7-15/h4-5,10-11H,2-3,6-9H2,1H3. The van der Waals surface area contributed by atoms with E-state index in [1.807, 2.05) is 6.07 Å². The van der Waals surface area contributed by atoms with E-state index in [1.165, 1.54) is 18.4 Å². The first kappa shape index (κ1) is 12.8. The molecule has 4 nitrogen and oxygen atoms in total. The van der Waals surface area contributed by atoms with Crippen LogP contribution in [0, 0.1) is 0 Å². The average Bonchev–Trinajstić information content (AvgIpc) is 3.22. The van der Waals surface area contributed by atoms with Gasteiger partial charge in [-0.3, -0.25) is 0 Å². The Kier molecular flexibility index (Phi) is 3.17. The Morgan fingerprint density at radius 2 is 1.89 bits per heavy atom. The zero-order chi connectivity index (χ0) is 13.5. The fourth-order valence-corrected chi connectivity index (χ4v) is 3.78. The molecule has 2 fully saturated rings. The molecule has 0 radical (unpaired) electrons. The maximum Gasteiger partial charge on any atom is 0.153 e. The zero-order valence-electron chi connectivity index (χ0n) is 11.1. The summed E-state index contributed by atoms with van der Waals surface area (Å²) in [6.07, 6.45) is 2.53. The number of rotatable bonds is 3. The van der Waals surface area contributed by atoms with Crippen molar-refractivity contribution in [2.45, 2.75) is 18.8 Å². The summed E-state index contributed by atoms with van der Waals surface area (Å²) in [5, 5.41) is 0. The third kappa shape index (κ3) is 2.71. The fourth-order valence-electron chi connectivity index (χ4n) is 2.58. The highest BCUT2D eigenvalue weighted by Gasteiger charge is 2.27. The van der Waals surface area contributed by atoms with E-state index in [0.29, 0.717) is 19.0 Å². The van der Waals surface area contributed by atoms with Gasteiger partial charge in [0.25, 0.3) is 0 Å². The van der Waals surface area contributed by atoms with Crippen molar-refractivity contribution >= 4 is 15.5 Å². The van der Waals surface area contributed by atoms with Crippen molar-refractivity contribution in [1.29, 1.82) is 0 Å². The molecule has 1 aromatic rings. The summed E-state index contributed by atoms with van der Waals surface area (Å²) >= 11 is 0. The molecule has 1 saturated carbocycles. The monoisotopic (exact) mass is 281 g/mol. The molecule has 1 aromatic carbocycles. The molecule has 19 heavy (non-hydrogen) atoms. The van der Waals surface area contributed by atoms with E-state index in [4.69, 9.17) is 4.74 Å². The van der Waals surface area contributed by atoms with Gasteiger partial charge in [0.15, 0.2) is 9.84 Å². The molecule has 5 heteroatoms. The van der Waals surface area contributed by atoms with Gasteiger partial charge in [0, 0.05) is 13.1 Å². The number of benzene rings is 1. The lowest BCUT2D eigenvalue weighted by atomic mass is 10.1. The SMILES string of the molecule is COc1ccc(C2CC2)cc1N1CCS(=O)(=O)CC1. The van der Waals surface area contributed by atoms with Gasteiger partial charge in [-0.05, 0) is 36.5 Å². The lowest BCUT2D eigenvalue weighted by Gasteiger charge is -2.30. The van der Waals surface area contributed by atoms with Gasteiger partial charge in [-0.25, -0.2) is 8.42 Å². The van der Waals surface area contributed by atoms with Crippen LogP contribution in [-0.4, -0.2) is 40.1 Å². The van der Waals surface area contributed by atoms with Crippen LogP contribution in [0.1, 0.15) is 24.3 Å². The first-order chi connectivity index (χ1) is 9.09. The second kappa shape index (κ2) is 4.71. The summed E-state index contributed by atoms with van der Waals surface area (Å²) in [4.78, 5) is 2.13. The van der Waals surface area contributed by atoms with Crippen molar-refractivity contribution in [2.75, 3.05) is 36.6 Å². The quantitative estimate of drug-likeness (QED) is 0.847. The van der Waals surface area contributed by atoms with Crippen LogP contribution in [0.2, 0.25) is 0 Å². The van der Waals surface area contributed by atoms with Gasteiger partial charge >= 0.3 is 0 Å². The van der Waals surface area contributed by atoms with E-state index >= 15 is 0 Å². The number of methoxy groups -OCH3 is 1. The predicted octanol–water partition coefficient (Wildman–Crippen LogP) is 1.81. The Morgan fingerprint density at radius 3 is 2.47 bits per heavy atom. The van der Waals surface area contributed by atoms with Gasteiger partial charge in [-0.1, -0.05) is 6.07 Å². The molecule has 0 unspecified atom stereocenters.